The predicted molar refractivity (Wildman–Crippen MR) is 192 cm³/mol. The molecule has 8 aliphatic heterocycles. The van der Waals surface area contributed by atoms with Gasteiger partial charge in [-0.1, -0.05) is 30.1 Å². The number of hydrogen-bond donors (Lipinski definition) is 8. The summed E-state index contributed by atoms with van der Waals surface area (Å²) < 4.78 is 0. The first kappa shape index (κ1) is 50.6. The highest BCUT2D eigenvalue weighted by molar-refractivity contribution is 4.80. The molecule has 42 heteroatoms. The summed E-state index contributed by atoms with van der Waals surface area (Å²) in [5, 5.41) is 68.4. The van der Waals surface area contributed by atoms with Gasteiger partial charge in [0.2, 0.25) is 26.7 Å². The van der Waals surface area contributed by atoms with Crippen molar-refractivity contribution in [2.75, 3.05) is 120 Å². The summed E-state index contributed by atoms with van der Waals surface area (Å²) in [5.74, 6) is 40.1. The third kappa shape index (κ3) is 17.0. The van der Waals surface area contributed by atoms with Crippen LogP contribution in [0.25, 0.3) is 0 Å². The van der Waals surface area contributed by atoms with Crippen LogP contribution in [0.4, 0.5) is 0 Å². The molecule has 0 aliphatic carbocycles. The molecule has 8 saturated heterocycles. The molecule has 0 amide bonds. The third-order valence-corrected chi connectivity index (χ3v) is 7.92. The number of nitrogens with zero attached hydrogens (tertiary/aromatic N) is 22. The largest absolute Gasteiger partial charge is 0.274 e. The molecule has 0 aromatic heterocycles. The van der Waals surface area contributed by atoms with E-state index in [4.69, 9.17) is 35.1 Å². The van der Waals surface area contributed by atoms with Crippen LogP contribution >= 0.6 is 0 Å². The summed E-state index contributed by atoms with van der Waals surface area (Å²) in [4.78, 5) is 71.6. The molecule has 8 rings (SSSR count). The summed E-state index contributed by atoms with van der Waals surface area (Å²) in [6.07, 6.45) is 0. The molecule has 0 aromatic rings. The van der Waals surface area contributed by atoms with E-state index in [0.717, 1.165) is 10.0 Å². The minimum absolute atomic E-state index is 0.0979. The van der Waals surface area contributed by atoms with Crippen LogP contribution < -0.4 is 46.7 Å². The van der Waals surface area contributed by atoms with Crippen LogP contribution in [0, 0.1) is 60.7 Å². The van der Waals surface area contributed by atoms with Crippen molar-refractivity contribution in [1.82, 2.24) is 79.7 Å². The van der Waals surface area contributed by atoms with Crippen molar-refractivity contribution in [1.29, 1.82) is 0 Å². The Morgan fingerprint density at radius 1 is 0.250 bits per heavy atom. The zero-order valence-corrected chi connectivity index (χ0v) is 32.1. The van der Waals surface area contributed by atoms with Crippen molar-refractivity contribution in [2.24, 2.45) is 46.7 Å². The quantitative estimate of drug-likeness (QED) is 0.0697. The number of hydrazine groups is 13. The van der Waals surface area contributed by atoms with Gasteiger partial charge in [0.15, 0.2) is 30.2 Å². The second-order valence-corrected chi connectivity index (χ2v) is 13.2. The SMILES string of the molecule is C1N2CN3CN1CN(C2)C3.NN.NN1CN(N)CN(N)C1.NN1CN(N)CN([N+](=O)[O-])C1.NN1CN([N+](=O)[O-])CN([N+](=O)[O-])C1.O=[N+]([O-])N1CN([N+](=O)[O-])CN([N+](=O)[O-])C1. The number of nitrogens with two attached hydrogens (primary N) is 8. The summed E-state index contributed by atoms with van der Waals surface area (Å²) in [5.41, 5.74) is 0. The highest BCUT2D eigenvalue weighted by Crippen LogP contribution is 2.20. The molecule has 346 valence electrons. The maximum Gasteiger partial charge on any atom is 0.212 e. The molecule has 8 heterocycles. The molecule has 16 N–H and O–H groups in total. The normalized spacial score (nSPS) is 26.0. The van der Waals surface area contributed by atoms with Gasteiger partial charge in [-0.3, -0.25) is 66.3 Å². The van der Waals surface area contributed by atoms with Crippen LogP contribution in [0.15, 0.2) is 0 Å². The lowest BCUT2D eigenvalue weighted by Crippen LogP contribution is -2.71. The highest BCUT2D eigenvalue weighted by Gasteiger charge is 2.39. The Labute approximate surface area is 337 Å². The van der Waals surface area contributed by atoms with Gasteiger partial charge in [0.25, 0.3) is 0 Å². The van der Waals surface area contributed by atoms with Gasteiger partial charge in [0, 0.05) is 0 Å². The Morgan fingerprint density at radius 3 is 0.567 bits per heavy atom. The first-order valence-corrected chi connectivity index (χ1v) is 16.7. The van der Waals surface area contributed by atoms with Gasteiger partial charge in [-0.15, -0.1) is 0 Å². The van der Waals surface area contributed by atoms with Gasteiger partial charge in [-0.05, 0) is 0 Å². The fourth-order valence-corrected chi connectivity index (χ4v) is 5.92. The average Bonchev–Trinajstić information content (AvgIpc) is 3.14. The lowest BCUT2D eigenvalue weighted by molar-refractivity contribution is -0.775. The van der Waals surface area contributed by atoms with Crippen molar-refractivity contribution in [3.63, 3.8) is 0 Å². The van der Waals surface area contributed by atoms with E-state index in [1.54, 1.807) is 0 Å². The molecule has 42 nitrogen and oxygen atoms in total. The molecular weight excluding hydrogens is 828 g/mol. The molecule has 60 heavy (non-hydrogen) atoms. The average molecular weight is 881 g/mol. The minimum Gasteiger partial charge on any atom is -0.274 e. The second-order valence-electron chi connectivity index (χ2n) is 13.2. The fourth-order valence-electron chi connectivity index (χ4n) is 5.92. The Hall–Kier alpha value is -5.52. The van der Waals surface area contributed by atoms with Crippen molar-refractivity contribution in [2.45, 2.75) is 0 Å². The van der Waals surface area contributed by atoms with Crippen LogP contribution in [0.3, 0.4) is 0 Å². The third-order valence-electron chi connectivity index (χ3n) is 7.92. The molecule has 0 spiro atoms. The standard InChI is InChI=1S/C6H12N4.C3H6N6O6.C3H8N6O4.C3H10N6O2.C3H12N6.H4N2/c1-7-2-9-4-8(1)5-10(3-7)6-9;10-7(11)4-1-5(8(12)13)3-6(2-4)9(14)15;4-5-1-6(8(10)11)3-7(2-5)9(12)13;4-6-1-7(5)3-8(2-6)9(10)11;4-7-1-8(5)3-9(6)2-7;1-2/h1-6H2;1-3H2;1-4H2;1-5H2;1-6H2;1-2H2. The van der Waals surface area contributed by atoms with Crippen LogP contribution in [0.1, 0.15) is 0 Å². The maximum atomic E-state index is 10.3. The van der Waals surface area contributed by atoms with Gasteiger partial charge in [-0.2, -0.15) is 5.01 Å². The van der Waals surface area contributed by atoms with E-state index in [-0.39, 0.29) is 33.3 Å². The van der Waals surface area contributed by atoms with Gasteiger partial charge in [-0.25, -0.2) is 85.7 Å². The van der Waals surface area contributed by atoms with E-state index in [1.165, 1.54) is 65.1 Å². The molecule has 0 radical (unpaired) electrons. The van der Waals surface area contributed by atoms with Crippen LogP contribution in [-0.2, 0) is 0 Å². The zero-order valence-electron chi connectivity index (χ0n) is 32.1. The fraction of sp³-hybridized carbons (Fsp3) is 1.00. The summed E-state index contributed by atoms with van der Waals surface area (Å²) in [7, 11) is 0. The summed E-state index contributed by atoms with van der Waals surface area (Å²) in [6, 6.07) is 0. The molecule has 0 unspecified atom stereocenters. The predicted octanol–water partition coefficient (Wildman–Crippen LogP) is -10.7. The Morgan fingerprint density at radius 2 is 0.383 bits per heavy atom. The van der Waals surface area contributed by atoms with Gasteiger partial charge >= 0.3 is 0 Å². The van der Waals surface area contributed by atoms with Crippen molar-refractivity contribution >= 4 is 0 Å². The topological polar surface area (TPSA) is 519 Å². The van der Waals surface area contributed by atoms with E-state index < -0.39 is 50.2 Å². The highest BCUT2D eigenvalue weighted by atomic mass is 16.7. The van der Waals surface area contributed by atoms with E-state index in [1.807, 2.05) is 0 Å². The summed E-state index contributed by atoms with van der Waals surface area (Å²) in [6.45, 7) is 6.95. The number of rotatable bonds is 6. The van der Waals surface area contributed by atoms with Crippen molar-refractivity contribution in [3.8, 4) is 0 Å². The lowest BCUT2D eigenvalue weighted by Gasteiger charge is -2.56. The molecule has 0 saturated carbocycles. The van der Waals surface area contributed by atoms with Crippen LogP contribution in [0.5, 0.6) is 0 Å². The zero-order chi connectivity index (χ0) is 45.4. The van der Waals surface area contributed by atoms with E-state index >= 15 is 0 Å². The van der Waals surface area contributed by atoms with Gasteiger partial charge in [0.1, 0.15) is 26.7 Å². The van der Waals surface area contributed by atoms with E-state index in [2.05, 4.69) is 31.3 Å². The number of hydrogen-bond acceptors (Lipinski definition) is 30. The van der Waals surface area contributed by atoms with Gasteiger partial charge < -0.3 is 0 Å². The maximum absolute atomic E-state index is 10.3. The number of nitro groups is 6. The first-order chi connectivity index (χ1) is 28.1. The Kier molecular flexibility index (Phi) is 20.2. The van der Waals surface area contributed by atoms with Crippen LogP contribution in [0.2, 0.25) is 0 Å². The van der Waals surface area contributed by atoms with Crippen molar-refractivity contribution in [3.05, 3.63) is 60.7 Å². The molecule has 8 aliphatic rings. The Bertz CT molecular complexity index is 1260. The second kappa shape index (κ2) is 23.9. The Balaban J connectivity index is 0.000000258. The van der Waals surface area contributed by atoms with E-state index in [9.17, 15) is 60.7 Å². The summed E-state index contributed by atoms with van der Waals surface area (Å²) >= 11 is 0. The molecule has 4 bridgehead atoms. The van der Waals surface area contributed by atoms with E-state index in [0.29, 0.717) is 51.7 Å². The molecular formula is C18H52N30O12. The lowest BCUT2D eigenvalue weighted by atomic mass is 10.4. The van der Waals surface area contributed by atoms with Crippen molar-refractivity contribution < 1.29 is 30.2 Å². The first-order valence-electron chi connectivity index (χ1n) is 16.7. The molecule has 0 aromatic carbocycles. The van der Waals surface area contributed by atoms with Crippen LogP contribution in [-0.4, -0.2) is 230 Å². The minimum atomic E-state index is -0.924. The molecule has 0 atom stereocenters. The molecule has 8 fully saturated rings. The monoisotopic (exact) mass is 880 g/mol. The van der Waals surface area contributed by atoms with Gasteiger partial charge in [0.05, 0.1) is 66.7 Å². The smallest absolute Gasteiger partial charge is 0.212 e.